The van der Waals surface area contributed by atoms with Crippen molar-refractivity contribution in [1.82, 2.24) is 0 Å². The Hall–Kier alpha value is -2.43. The Bertz CT molecular complexity index is 764. The summed E-state index contributed by atoms with van der Waals surface area (Å²) in [5.41, 5.74) is 1.47. The lowest BCUT2D eigenvalue weighted by Crippen LogP contribution is -2.03. The van der Waals surface area contributed by atoms with Crippen LogP contribution in [0.15, 0.2) is 12.1 Å². The number of rotatable bonds is 4. The van der Waals surface area contributed by atoms with Crippen LogP contribution in [0.5, 0.6) is 23.0 Å². The van der Waals surface area contributed by atoms with Gasteiger partial charge in [0.05, 0.1) is 44.8 Å². The van der Waals surface area contributed by atoms with Crippen molar-refractivity contribution in [2.75, 3.05) is 28.4 Å². The van der Waals surface area contributed by atoms with E-state index in [9.17, 15) is 4.79 Å². The van der Waals surface area contributed by atoms with Crippen LogP contribution in [0.3, 0.4) is 0 Å². The van der Waals surface area contributed by atoms with Crippen LogP contribution in [0.25, 0.3) is 10.8 Å². The van der Waals surface area contributed by atoms with Crippen LogP contribution >= 0.6 is 0 Å². The van der Waals surface area contributed by atoms with E-state index >= 15 is 0 Å². The summed E-state index contributed by atoms with van der Waals surface area (Å²) in [6.07, 6.45) is 1.10. The first-order chi connectivity index (χ1) is 10.7. The van der Waals surface area contributed by atoms with Crippen molar-refractivity contribution in [3.8, 4) is 23.0 Å². The molecule has 0 heterocycles. The van der Waals surface area contributed by atoms with Crippen molar-refractivity contribution in [2.24, 2.45) is 0 Å². The molecule has 0 aromatic heterocycles. The highest BCUT2D eigenvalue weighted by Crippen LogP contribution is 2.50. The highest BCUT2D eigenvalue weighted by atomic mass is 16.5. The number of fused-ring (bicyclic) bond motifs is 2. The minimum Gasteiger partial charge on any atom is -0.496 e. The van der Waals surface area contributed by atoms with E-state index in [0.717, 1.165) is 10.9 Å². The molecule has 2 aromatic carbocycles. The van der Waals surface area contributed by atoms with Gasteiger partial charge >= 0.3 is 0 Å². The minimum atomic E-state index is 0.0666. The molecule has 0 amide bonds. The molecule has 1 aliphatic rings. The molecular weight excluding hydrogens is 284 g/mol. The van der Waals surface area contributed by atoms with Gasteiger partial charge in [0, 0.05) is 12.0 Å². The van der Waals surface area contributed by atoms with E-state index in [1.54, 1.807) is 34.5 Å². The summed E-state index contributed by atoms with van der Waals surface area (Å²) in [4.78, 5) is 12.3. The van der Waals surface area contributed by atoms with Gasteiger partial charge in [0.2, 0.25) is 0 Å². The Kier molecular flexibility index (Phi) is 3.56. The van der Waals surface area contributed by atoms with Gasteiger partial charge in [0.25, 0.3) is 0 Å². The first kappa shape index (κ1) is 14.5. The van der Waals surface area contributed by atoms with Crippen molar-refractivity contribution < 1.29 is 23.7 Å². The predicted octanol–water partition coefficient (Wildman–Crippen LogP) is 3.00. The second-order valence-electron chi connectivity index (χ2n) is 5.06. The number of ketones is 1. The van der Waals surface area contributed by atoms with E-state index in [4.69, 9.17) is 18.9 Å². The molecule has 1 aliphatic carbocycles. The number of carbonyl (C=O) groups is 1. The van der Waals surface area contributed by atoms with Crippen LogP contribution in [0.2, 0.25) is 0 Å². The molecule has 116 valence electrons. The normalized spacial score (nSPS) is 13.2. The Morgan fingerprint density at radius 3 is 1.82 bits per heavy atom. The maximum atomic E-state index is 12.3. The number of ether oxygens (including phenoxy) is 4. The molecule has 2 aromatic rings. The van der Waals surface area contributed by atoms with Crippen LogP contribution in [0.1, 0.15) is 22.3 Å². The molecule has 0 aliphatic heterocycles. The lowest BCUT2D eigenvalue weighted by molar-refractivity contribution is 0.0992. The zero-order chi connectivity index (χ0) is 15.9. The van der Waals surface area contributed by atoms with Gasteiger partial charge in [-0.15, -0.1) is 0 Å². The average Bonchev–Trinajstić information content (AvgIpc) is 2.93. The van der Waals surface area contributed by atoms with Gasteiger partial charge in [-0.25, -0.2) is 0 Å². The van der Waals surface area contributed by atoms with Crippen LogP contribution in [-0.4, -0.2) is 34.2 Å². The Morgan fingerprint density at radius 1 is 0.773 bits per heavy atom. The molecule has 0 N–H and O–H groups in total. The Labute approximate surface area is 128 Å². The maximum absolute atomic E-state index is 12.3. The molecule has 0 unspecified atom stereocenters. The zero-order valence-electron chi connectivity index (χ0n) is 13.1. The summed E-state index contributed by atoms with van der Waals surface area (Å²) < 4.78 is 22.1. The fourth-order valence-corrected chi connectivity index (χ4v) is 3.21. The topological polar surface area (TPSA) is 54.0 Å². The lowest BCUT2D eigenvalue weighted by Gasteiger charge is -2.19. The third kappa shape index (κ3) is 1.81. The van der Waals surface area contributed by atoms with Crippen molar-refractivity contribution in [2.45, 2.75) is 12.8 Å². The average molecular weight is 302 g/mol. The van der Waals surface area contributed by atoms with Gasteiger partial charge in [0.1, 0.15) is 23.0 Å². The van der Waals surface area contributed by atoms with E-state index in [0.29, 0.717) is 46.8 Å². The number of hydrogen-bond donors (Lipinski definition) is 0. The van der Waals surface area contributed by atoms with Gasteiger partial charge in [-0.1, -0.05) is 0 Å². The fraction of sp³-hybridized carbons (Fsp3) is 0.353. The third-order valence-corrected chi connectivity index (χ3v) is 4.11. The molecule has 0 saturated carbocycles. The van der Waals surface area contributed by atoms with Crippen LogP contribution in [0.4, 0.5) is 0 Å². The maximum Gasteiger partial charge on any atom is 0.167 e. The molecule has 0 bridgehead atoms. The predicted molar refractivity (Wildman–Crippen MR) is 82.8 cm³/mol. The van der Waals surface area contributed by atoms with Gasteiger partial charge in [-0.05, 0) is 18.6 Å². The van der Waals surface area contributed by atoms with Crippen molar-refractivity contribution in [3.05, 3.63) is 23.3 Å². The summed E-state index contributed by atoms with van der Waals surface area (Å²) in [6, 6.07) is 3.63. The van der Waals surface area contributed by atoms with Crippen LogP contribution in [0, 0.1) is 0 Å². The molecule has 0 fully saturated rings. The zero-order valence-corrected chi connectivity index (χ0v) is 13.1. The van der Waals surface area contributed by atoms with Crippen molar-refractivity contribution in [1.29, 1.82) is 0 Å². The standard InChI is InChI=1S/C17H18O5/c1-19-11-7-8-12(20-2)15-14(11)16(21-3)9-5-6-10(18)13(9)17(15)22-4/h7-8H,5-6H2,1-4H3. The smallest absolute Gasteiger partial charge is 0.167 e. The van der Waals surface area contributed by atoms with E-state index in [-0.39, 0.29) is 5.78 Å². The summed E-state index contributed by atoms with van der Waals surface area (Å²) in [6.45, 7) is 0. The summed E-state index contributed by atoms with van der Waals surface area (Å²) in [7, 11) is 6.35. The largest absolute Gasteiger partial charge is 0.496 e. The molecular formula is C17H18O5. The second-order valence-corrected chi connectivity index (χ2v) is 5.06. The Balaban J connectivity index is 2.58. The number of carbonyl (C=O) groups excluding carboxylic acids is 1. The molecule has 0 spiro atoms. The molecule has 5 nitrogen and oxygen atoms in total. The lowest BCUT2D eigenvalue weighted by atomic mass is 9.97. The second kappa shape index (κ2) is 5.40. The summed E-state index contributed by atoms with van der Waals surface area (Å²) >= 11 is 0. The highest BCUT2D eigenvalue weighted by molar-refractivity contribution is 6.14. The first-order valence-corrected chi connectivity index (χ1v) is 7.02. The van der Waals surface area contributed by atoms with Crippen molar-refractivity contribution >= 4 is 16.6 Å². The quantitative estimate of drug-likeness (QED) is 0.869. The first-order valence-electron chi connectivity index (χ1n) is 7.02. The highest BCUT2D eigenvalue weighted by Gasteiger charge is 2.32. The summed E-state index contributed by atoms with van der Waals surface area (Å²) in [5.74, 6) is 2.54. The van der Waals surface area contributed by atoms with Gasteiger partial charge < -0.3 is 18.9 Å². The Morgan fingerprint density at radius 2 is 1.32 bits per heavy atom. The molecule has 5 heteroatoms. The summed E-state index contributed by atoms with van der Waals surface area (Å²) in [5, 5.41) is 1.48. The van der Waals surface area contributed by atoms with Gasteiger partial charge in [0.15, 0.2) is 5.78 Å². The number of benzene rings is 2. The van der Waals surface area contributed by atoms with E-state index in [1.165, 1.54) is 0 Å². The monoisotopic (exact) mass is 302 g/mol. The van der Waals surface area contributed by atoms with E-state index in [1.807, 2.05) is 6.07 Å². The van der Waals surface area contributed by atoms with Gasteiger partial charge in [-0.3, -0.25) is 4.79 Å². The van der Waals surface area contributed by atoms with Crippen LogP contribution in [-0.2, 0) is 6.42 Å². The molecule has 3 rings (SSSR count). The number of methoxy groups -OCH3 is 4. The van der Waals surface area contributed by atoms with Crippen LogP contribution < -0.4 is 18.9 Å². The van der Waals surface area contributed by atoms with E-state index < -0.39 is 0 Å². The minimum absolute atomic E-state index is 0.0666. The van der Waals surface area contributed by atoms with Gasteiger partial charge in [-0.2, -0.15) is 0 Å². The molecule has 0 radical (unpaired) electrons. The number of Topliss-reactive ketones (excluding diaryl/α,β-unsaturated/α-hetero) is 1. The van der Waals surface area contributed by atoms with E-state index in [2.05, 4.69) is 0 Å². The molecule has 22 heavy (non-hydrogen) atoms. The van der Waals surface area contributed by atoms with Crippen molar-refractivity contribution in [3.63, 3.8) is 0 Å². The molecule has 0 saturated heterocycles. The fourth-order valence-electron chi connectivity index (χ4n) is 3.21. The third-order valence-electron chi connectivity index (χ3n) is 4.11. The SMILES string of the molecule is COc1ccc(OC)c2c(OC)c3c(c(OC)c12)CCC3=O. The number of hydrogen-bond acceptors (Lipinski definition) is 5. The molecule has 0 atom stereocenters.